The molecule has 0 fully saturated rings. The van der Waals surface area contributed by atoms with E-state index < -0.39 is 0 Å². The first-order chi connectivity index (χ1) is 12.5. The van der Waals surface area contributed by atoms with Crippen LogP contribution in [0.25, 0.3) is 0 Å². The number of amides is 2. The molecule has 0 aliphatic rings. The second-order valence-electron chi connectivity index (χ2n) is 5.62. The Morgan fingerprint density at radius 2 is 1.69 bits per heavy atom. The monoisotopic (exact) mass is 375 g/mol. The normalized spacial score (nSPS) is 10.1. The SMILES string of the molecule is CCCC(=O)Nc1ccc(Cl)c(NC(=O)CNc2ccc(OC)cc2)c1. The molecular weight excluding hydrogens is 354 g/mol. The summed E-state index contributed by atoms with van der Waals surface area (Å²) in [5.74, 6) is 0.418. The summed E-state index contributed by atoms with van der Waals surface area (Å²) in [6.07, 6.45) is 1.20. The Morgan fingerprint density at radius 1 is 1.00 bits per heavy atom. The van der Waals surface area contributed by atoms with Crippen LogP contribution in [0.15, 0.2) is 42.5 Å². The fraction of sp³-hybridized carbons (Fsp3) is 0.263. The molecule has 2 amide bonds. The Hall–Kier alpha value is -2.73. The van der Waals surface area contributed by atoms with Crippen LogP contribution in [0.5, 0.6) is 5.75 Å². The molecule has 0 aliphatic carbocycles. The molecule has 2 aromatic rings. The van der Waals surface area contributed by atoms with Crippen LogP contribution in [-0.4, -0.2) is 25.5 Å². The fourth-order valence-electron chi connectivity index (χ4n) is 2.23. The van der Waals surface area contributed by atoms with Gasteiger partial charge in [0.25, 0.3) is 0 Å². The van der Waals surface area contributed by atoms with Crippen LogP contribution in [0.4, 0.5) is 17.1 Å². The minimum atomic E-state index is -0.250. The highest BCUT2D eigenvalue weighted by Crippen LogP contribution is 2.25. The van der Waals surface area contributed by atoms with Crippen LogP contribution >= 0.6 is 11.6 Å². The standard InChI is InChI=1S/C19H22ClN3O3/c1-3-4-18(24)22-14-7-10-16(20)17(11-14)23-19(25)12-21-13-5-8-15(26-2)9-6-13/h5-11,21H,3-4,12H2,1-2H3,(H,22,24)(H,23,25). The van der Waals surface area contributed by atoms with E-state index >= 15 is 0 Å². The van der Waals surface area contributed by atoms with Gasteiger partial charge in [0.05, 0.1) is 24.4 Å². The highest BCUT2D eigenvalue weighted by molar-refractivity contribution is 6.33. The van der Waals surface area contributed by atoms with Crippen molar-refractivity contribution in [2.24, 2.45) is 0 Å². The Labute approximate surface area is 157 Å². The van der Waals surface area contributed by atoms with Crippen LogP contribution in [0, 0.1) is 0 Å². The molecule has 3 N–H and O–H groups in total. The Balaban J connectivity index is 1.93. The number of carbonyl (C=O) groups is 2. The van der Waals surface area contributed by atoms with Gasteiger partial charge >= 0.3 is 0 Å². The third kappa shape index (κ3) is 5.97. The first-order valence-corrected chi connectivity index (χ1v) is 8.66. The van der Waals surface area contributed by atoms with Gasteiger partial charge in [-0.2, -0.15) is 0 Å². The van der Waals surface area contributed by atoms with Gasteiger partial charge in [0.2, 0.25) is 11.8 Å². The van der Waals surface area contributed by atoms with E-state index in [1.165, 1.54) is 0 Å². The maximum atomic E-state index is 12.2. The number of rotatable bonds is 8. The van der Waals surface area contributed by atoms with Crippen LogP contribution in [0.3, 0.4) is 0 Å². The second kappa shape index (κ2) is 9.68. The number of nitrogens with one attached hydrogen (secondary N) is 3. The number of anilines is 3. The summed E-state index contributed by atoms with van der Waals surface area (Å²) in [6.45, 7) is 2.01. The van der Waals surface area contributed by atoms with E-state index in [0.717, 1.165) is 17.9 Å². The topological polar surface area (TPSA) is 79.5 Å². The third-order valence-corrected chi connectivity index (χ3v) is 3.87. The first-order valence-electron chi connectivity index (χ1n) is 8.29. The lowest BCUT2D eigenvalue weighted by molar-refractivity contribution is -0.116. The molecule has 0 atom stereocenters. The van der Waals surface area contributed by atoms with E-state index in [0.29, 0.717) is 22.8 Å². The maximum Gasteiger partial charge on any atom is 0.243 e. The molecule has 2 aromatic carbocycles. The van der Waals surface area contributed by atoms with Gasteiger partial charge in [-0.25, -0.2) is 0 Å². The van der Waals surface area contributed by atoms with Gasteiger partial charge in [-0.1, -0.05) is 18.5 Å². The smallest absolute Gasteiger partial charge is 0.243 e. The summed E-state index contributed by atoms with van der Waals surface area (Å²) in [4.78, 5) is 23.8. The minimum absolute atomic E-state index is 0.0757. The molecule has 0 radical (unpaired) electrons. The van der Waals surface area contributed by atoms with Gasteiger partial charge in [0, 0.05) is 17.8 Å². The molecule has 0 saturated carbocycles. The van der Waals surface area contributed by atoms with Crippen LogP contribution in [0.1, 0.15) is 19.8 Å². The molecule has 0 aliphatic heterocycles. The van der Waals surface area contributed by atoms with Crippen molar-refractivity contribution in [1.29, 1.82) is 0 Å². The quantitative estimate of drug-likeness (QED) is 0.648. The summed E-state index contributed by atoms with van der Waals surface area (Å²) in [6, 6.07) is 12.2. The second-order valence-corrected chi connectivity index (χ2v) is 6.03. The average molecular weight is 376 g/mol. The molecule has 2 rings (SSSR count). The predicted octanol–water partition coefficient (Wildman–Crippen LogP) is 4.14. The maximum absolute atomic E-state index is 12.2. The van der Waals surface area contributed by atoms with Crippen molar-refractivity contribution in [2.45, 2.75) is 19.8 Å². The molecular formula is C19H22ClN3O3. The average Bonchev–Trinajstić information content (AvgIpc) is 2.63. The van der Waals surface area contributed by atoms with Gasteiger partial charge in [-0.05, 0) is 48.9 Å². The molecule has 0 spiro atoms. The number of hydrogen-bond donors (Lipinski definition) is 3. The number of carbonyl (C=O) groups excluding carboxylic acids is 2. The van der Waals surface area contributed by atoms with E-state index in [2.05, 4.69) is 16.0 Å². The molecule has 7 heteroatoms. The molecule has 138 valence electrons. The Morgan fingerprint density at radius 3 is 2.35 bits per heavy atom. The number of benzene rings is 2. The molecule has 0 saturated heterocycles. The van der Waals surface area contributed by atoms with Crippen molar-refractivity contribution in [3.8, 4) is 5.75 Å². The zero-order valence-electron chi connectivity index (χ0n) is 14.8. The van der Waals surface area contributed by atoms with E-state index in [1.54, 1.807) is 37.4 Å². The fourth-order valence-corrected chi connectivity index (χ4v) is 2.40. The number of methoxy groups -OCH3 is 1. The van der Waals surface area contributed by atoms with Gasteiger partial charge < -0.3 is 20.7 Å². The van der Waals surface area contributed by atoms with Crippen molar-refractivity contribution in [3.05, 3.63) is 47.5 Å². The largest absolute Gasteiger partial charge is 0.497 e. The lowest BCUT2D eigenvalue weighted by Crippen LogP contribution is -2.22. The van der Waals surface area contributed by atoms with Crippen molar-refractivity contribution in [1.82, 2.24) is 0 Å². The van der Waals surface area contributed by atoms with Crippen molar-refractivity contribution in [3.63, 3.8) is 0 Å². The molecule has 26 heavy (non-hydrogen) atoms. The van der Waals surface area contributed by atoms with Gasteiger partial charge in [-0.3, -0.25) is 9.59 Å². The molecule has 6 nitrogen and oxygen atoms in total. The van der Waals surface area contributed by atoms with E-state index in [4.69, 9.17) is 16.3 Å². The van der Waals surface area contributed by atoms with Crippen molar-refractivity contribution >= 4 is 40.5 Å². The molecule has 0 unspecified atom stereocenters. The minimum Gasteiger partial charge on any atom is -0.497 e. The number of hydrogen-bond acceptors (Lipinski definition) is 4. The highest BCUT2D eigenvalue weighted by atomic mass is 35.5. The molecule has 0 bridgehead atoms. The molecule has 0 heterocycles. The summed E-state index contributed by atoms with van der Waals surface area (Å²) >= 11 is 6.13. The Kier molecular flexibility index (Phi) is 7.29. The van der Waals surface area contributed by atoms with E-state index in [1.807, 2.05) is 19.1 Å². The van der Waals surface area contributed by atoms with E-state index in [9.17, 15) is 9.59 Å². The van der Waals surface area contributed by atoms with Crippen LogP contribution < -0.4 is 20.7 Å². The van der Waals surface area contributed by atoms with Crippen molar-refractivity contribution in [2.75, 3.05) is 29.6 Å². The first kappa shape index (κ1) is 19.6. The summed E-state index contributed by atoms with van der Waals surface area (Å²) in [5.41, 5.74) is 1.83. The van der Waals surface area contributed by atoms with Crippen LogP contribution in [-0.2, 0) is 9.59 Å². The lowest BCUT2D eigenvalue weighted by Gasteiger charge is -2.11. The van der Waals surface area contributed by atoms with Gasteiger partial charge in [0.1, 0.15) is 5.75 Å². The predicted molar refractivity (Wildman–Crippen MR) is 105 cm³/mol. The zero-order valence-corrected chi connectivity index (χ0v) is 15.5. The summed E-state index contributed by atoms with van der Waals surface area (Å²) < 4.78 is 5.09. The summed E-state index contributed by atoms with van der Waals surface area (Å²) in [5, 5.41) is 8.93. The summed E-state index contributed by atoms with van der Waals surface area (Å²) in [7, 11) is 1.60. The Bertz CT molecular complexity index is 763. The van der Waals surface area contributed by atoms with Crippen LogP contribution in [0.2, 0.25) is 5.02 Å². The molecule has 0 aromatic heterocycles. The number of ether oxygens (including phenoxy) is 1. The van der Waals surface area contributed by atoms with Gasteiger partial charge in [-0.15, -0.1) is 0 Å². The van der Waals surface area contributed by atoms with E-state index in [-0.39, 0.29) is 18.4 Å². The highest BCUT2D eigenvalue weighted by Gasteiger charge is 2.09. The lowest BCUT2D eigenvalue weighted by atomic mass is 10.2. The zero-order chi connectivity index (χ0) is 18.9. The van der Waals surface area contributed by atoms with Crippen molar-refractivity contribution < 1.29 is 14.3 Å². The number of halogens is 1. The third-order valence-electron chi connectivity index (χ3n) is 3.54. The van der Waals surface area contributed by atoms with Gasteiger partial charge in [0.15, 0.2) is 0 Å².